The number of fused-ring (bicyclic) bond motifs is 2. The zero-order chi connectivity index (χ0) is 7.14. The van der Waals surface area contributed by atoms with Crippen molar-refractivity contribution in [2.45, 2.75) is 18.9 Å². The lowest BCUT2D eigenvalue weighted by molar-refractivity contribution is 0.177. The van der Waals surface area contributed by atoms with Crippen molar-refractivity contribution >= 4 is 0 Å². The second kappa shape index (κ2) is 2.21. The molecule has 1 aliphatic heterocycles. The maximum atomic E-state index is 6.02. The van der Waals surface area contributed by atoms with Crippen molar-refractivity contribution in [3.05, 3.63) is 0 Å². The van der Waals surface area contributed by atoms with Gasteiger partial charge in [0, 0.05) is 19.1 Å². The molecule has 1 aliphatic carbocycles. The van der Waals surface area contributed by atoms with Crippen LogP contribution in [0.1, 0.15) is 12.8 Å². The van der Waals surface area contributed by atoms with Gasteiger partial charge in [0.2, 0.25) is 0 Å². The standard InChI is InChI=1S/C8H16N2/c1-10-4-6-2-3-7(5-10)8(6)9/h6-8H,2-5,9H2,1H3. The van der Waals surface area contributed by atoms with Crippen molar-refractivity contribution in [2.24, 2.45) is 17.6 Å². The molecular weight excluding hydrogens is 124 g/mol. The Hall–Kier alpha value is -0.0800. The van der Waals surface area contributed by atoms with E-state index in [2.05, 4.69) is 11.9 Å². The molecule has 2 bridgehead atoms. The van der Waals surface area contributed by atoms with Crippen LogP contribution in [-0.4, -0.2) is 31.1 Å². The fraction of sp³-hybridized carbons (Fsp3) is 1.00. The van der Waals surface area contributed by atoms with E-state index in [4.69, 9.17) is 5.73 Å². The molecule has 10 heavy (non-hydrogen) atoms. The minimum Gasteiger partial charge on any atom is -0.327 e. The molecule has 2 fully saturated rings. The van der Waals surface area contributed by atoms with Crippen molar-refractivity contribution in [1.82, 2.24) is 4.90 Å². The van der Waals surface area contributed by atoms with Crippen LogP contribution in [0.3, 0.4) is 0 Å². The van der Waals surface area contributed by atoms with Crippen molar-refractivity contribution in [2.75, 3.05) is 20.1 Å². The van der Waals surface area contributed by atoms with Crippen LogP contribution in [0.2, 0.25) is 0 Å². The van der Waals surface area contributed by atoms with Gasteiger partial charge in [-0.3, -0.25) is 0 Å². The molecule has 1 heterocycles. The van der Waals surface area contributed by atoms with Crippen LogP contribution in [0.4, 0.5) is 0 Å². The normalized spacial score (nSPS) is 48.0. The zero-order valence-electron chi connectivity index (χ0n) is 6.59. The first-order valence-electron chi connectivity index (χ1n) is 4.21. The lowest BCUT2D eigenvalue weighted by Crippen LogP contribution is -2.47. The van der Waals surface area contributed by atoms with E-state index < -0.39 is 0 Å². The zero-order valence-corrected chi connectivity index (χ0v) is 6.59. The molecule has 2 atom stereocenters. The van der Waals surface area contributed by atoms with Crippen molar-refractivity contribution < 1.29 is 0 Å². The minimum absolute atomic E-state index is 0.524. The molecule has 2 aliphatic rings. The second-order valence-corrected chi connectivity index (χ2v) is 3.90. The molecule has 0 aromatic carbocycles. The van der Waals surface area contributed by atoms with E-state index in [1.165, 1.54) is 25.9 Å². The average Bonchev–Trinajstić information content (AvgIpc) is 2.20. The van der Waals surface area contributed by atoms with Crippen LogP contribution in [0.5, 0.6) is 0 Å². The summed E-state index contributed by atoms with van der Waals surface area (Å²) in [5.74, 6) is 1.62. The molecule has 1 saturated heterocycles. The summed E-state index contributed by atoms with van der Waals surface area (Å²) in [5, 5.41) is 0. The molecule has 2 heteroatoms. The van der Waals surface area contributed by atoms with Crippen molar-refractivity contribution in [3.63, 3.8) is 0 Å². The largest absolute Gasteiger partial charge is 0.327 e. The maximum Gasteiger partial charge on any atom is 0.0120 e. The first-order valence-corrected chi connectivity index (χ1v) is 4.21. The highest BCUT2D eigenvalue weighted by atomic mass is 15.1. The Morgan fingerprint density at radius 2 is 1.70 bits per heavy atom. The Kier molecular flexibility index (Phi) is 1.46. The topological polar surface area (TPSA) is 29.3 Å². The first kappa shape index (κ1) is 6.62. The van der Waals surface area contributed by atoms with Gasteiger partial charge >= 0.3 is 0 Å². The molecular formula is C8H16N2. The van der Waals surface area contributed by atoms with Crippen LogP contribution >= 0.6 is 0 Å². The monoisotopic (exact) mass is 140 g/mol. The molecule has 58 valence electrons. The summed E-state index contributed by atoms with van der Waals surface area (Å²) in [6, 6.07) is 0.524. The molecule has 2 rings (SSSR count). The van der Waals surface area contributed by atoms with Gasteiger partial charge in [-0.1, -0.05) is 0 Å². The van der Waals surface area contributed by atoms with Gasteiger partial charge in [-0.15, -0.1) is 0 Å². The molecule has 2 N–H and O–H groups in total. The number of hydrogen-bond donors (Lipinski definition) is 1. The molecule has 2 unspecified atom stereocenters. The lowest BCUT2D eigenvalue weighted by atomic mass is 9.94. The Morgan fingerprint density at radius 1 is 1.20 bits per heavy atom. The number of nitrogens with two attached hydrogens (primary N) is 1. The lowest BCUT2D eigenvalue weighted by Gasteiger charge is -2.33. The molecule has 1 saturated carbocycles. The summed E-state index contributed by atoms with van der Waals surface area (Å²) in [5.41, 5.74) is 6.02. The van der Waals surface area contributed by atoms with Gasteiger partial charge in [-0.25, -0.2) is 0 Å². The van der Waals surface area contributed by atoms with Crippen LogP contribution in [0, 0.1) is 11.8 Å². The van der Waals surface area contributed by atoms with Crippen molar-refractivity contribution in [3.8, 4) is 0 Å². The highest BCUT2D eigenvalue weighted by Gasteiger charge is 2.38. The number of nitrogens with zero attached hydrogens (tertiary/aromatic N) is 1. The van der Waals surface area contributed by atoms with E-state index in [9.17, 15) is 0 Å². The van der Waals surface area contributed by atoms with Crippen molar-refractivity contribution in [1.29, 1.82) is 0 Å². The molecule has 0 radical (unpaired) electrons. The van der Waals surface area contributed by atoms with Crippen LogP contribution in [0.15, 0.2) is 0 Å². The quantitative estimate of drug-likeness (QED) is 0.524. The first-order chi connectivity index (χ1) is 4.77. The van der Waals surface area contributed by atoms with Crippen LogP contribution < -0.4 is 5.73 Å². The highest BCUT2D eigenvalue weighted by molar-refractivity contribution is 4.94. The number of likely N-dealkylation sites (tertiary alicyclic amines) is 1. The van der Waals surface area contributed by atoms with E-state index in [-0.39, 0.29) is 0 Å². The average molecular weight is 140 g/mol. The maximum absolute atomic E-state index is 6.02. The van der Waals surface area contributed by atoms with Crippen LogP contribution in [-0.2, 0) is 0 Å². The predicted octanol–water partition coefficient (Wildman–Crippen LogP) is 0.285. The smallest absolute Gasteiger partial charge is 0.0120 e. The number of rotatable bonds is 0. The predicted molar refractivity (Wildman–Crippen MR) is 41.7 cm³/mol. The molecule has 2 nitrogen and oxygen atoms in total. The van der Waals surface area contributed by atoms with E-state index in [0.717, 1.165) is 11.8 Å². The van der Waals surface area contributed by atoms with Gasteiger partial charge in [-0.05, 0) is 31.7 Å². The van der Waals surface area contributed by atoms with Gasteiger partial charge in [0.25, 0.3) is 0 Å². The summed E-state index contributed by atoms with van der Waals surface area (Å²) in [6.07, 6.45) is 2.74. The van der Waals surface area contributed by atoms with Gasteiger partial charge in [-0.2, -0.15) is 0 Å². The van der Waals surface area contributed by atoms with E-state index >= 15 is 0 Å². The Bertz CT molecular complexity index is 121. The van der Waals surface area contributed by atoms with Crippen LogP contribution in [0.25, 0.3) is 0 Å². The second-order valence-electron chi connectivity index (χ2n) is 3.90. The number of hydrogen-bond acceptors (Lipinski definition) is 2. The Labute approximate surface area is 62.4 Å². The highest BCUT2D eigenvalue weighted by Crippen LogP contribution is 2.34. The summed E-state index contributed by atoms with van der Waals surface area (Å²) >= 11 is 0. The minimum atomic E-state index is 0.524. The van der Waals surface area contributed by atoms with Gasteiger partial charge in [0.1, 0.15) is 0 Å². The fourth-order valence-corrected chi connectivity index (χ4v) is 2.50. The third-order valence-corrected chi connectivity index (χ3v) is 3.09. The molecule has 0 aromatic rings. The summed E-state index contributed by atoms with van der Waals surface area (Å²) in [4.78, 5) is 2.42. The summed E-state index contributed by atoms with van der Waals surface area (Å²) in [6.45, 7) is 2.47. The van der Waals surface area contributed by atoms with E-state index in [1.807, 2.05) is 0 Å². The molecule has 0 amide bonds. The van der Waals surface area contributed by atoms with Gasteiger partial charge < -0.3 is 10.6 Å². The Balaban J connectivity index is 2.09. The molecule has 0 spiro atoms. The third kappa shape index (κ3) is 0.867. The molecule has 0 aromatic heterocycles. The number of piperidine rings is 1. The summed E-state index contributed by atoms with van der Waals surface area (Å²) in [7, 11) is 2.21. The summed E-state index contributed by atoms with van der Waals surface area (Å²) < 4.78 is 0. The van der Waals surface area contributed by atoms with E-state index in [0.29, 0.717) is 6.04 Å². The SMILES string of the molecule is CN1CC2CCC(C1)C2N. The van der Waals surface area contributed by atoms with Gasteiger partial charge in [0.05, 0.1) is 0 Å². The van der Waals surface area contributed by atoms with E-state index in [1.54, 1.807) is 0 Å². The third-order valence-electron chi connectivity index (χ3n) is 3.09. The fourth-order valence-electron chi connectivity index (χ4n) is 2.50. The van der Waals surface area contributed by atoms with Gasteiger partial charge in [0.15, 0.2) is 0 Å². The Morgan fingerprint density at radius 3 is 2.20 bits per heavy atom.